The molecule has 0 unspecified atom stereocenters. The number of anilines is 1. The molecule has 108 valence electrons. The van der Waals surface area contributed by atoms with E-state index in [4.69, 9.17) is 0 Å². The van der Waals surface area contributed by atoms with Gasteiger partial charge in [-0.3, -0.25) is 0 Å². The molecule has 1 N–H and O–H groups in total. The molecule has 1 aliphatic heterocycles. The Morgan fingerprint density at radius 2 is 1.90 bits per heavy atom. The van der Waals surface area contributed by atoms with E-state index in [2.05, 4.69) is 49.5 Å². The van der Waals surface area contributed by atoms with Crippen LogP contribution in [0, 0.1) is 5.41 Å². The summed E-state index contributed by atoms with van der Waals surface area (Å²) in [6.45, 7) is 14.5. The summed E-state index contributed by atoms with van der Waals surface area (Å²) in [5.41, 5.74) is 4.01. The van der Waals surface area contributed by atoms with Crippen LogP contribution in [0.3, 0.4) is 0 Å². The van der Waals surface area contributed by atoms with Crippen LogP contribution in [0.15, 0.2) is 72.0 Å². The van der Waals surface area contributed by atoms with Crippen molar-refractivity contribution in [3.8, 4) is 0 Å². The van der Waals surface area contributed by atoms with Crippen molar-refractivity contribution in [1.29, 1.82) is 0 Å². The van der Waals surface area contributed by atoms with Crippen molar-refractivity contribution in [3.63, 3.8) is 0 Å². The second-order valence-corrected chi connectivity index (χ2v) is 5.68. The lowest BCUT2D eigenvalue weighted by Crippen LogP contribution is -2.16. The summed E-state index contributed by atoms with van der Waals surface area (Å²) < 4.78 is 0. The molecule has 0 radical (unpaired) electrons. The molecule has 0 saturated carbocycles. The lowest BCUT2D eigenvalue weighted by atomic mass is 9.79. The van der Waals surface area contributed by atoms with Crippen LogP contribution >= 0.6 is 0 Å². The third-order valence-corrected chi connectivity index (χ3v) is 3.60. The summed E-state index contributed by atoms with van der Waals surface area (Å²) in [6.07, 6.45) is 8.06. The third-order valence-electron chi connectivity index (χ3n) is 3.60. The van der Waals surface area contributed by atoms with E-state index in [0.717, 1.165) is 22.4 Å². The minimum absolute atomic E-state index is 0.241. The third kappa shape index (κ3) is 3.22. The first-order valence-corrected chi connectivity index (χ1v) is 7.09. The zero-order chi connectivity index (χ0) is 15.5. The van der Waals surface area contributed by atoms with Crippen molar-refractivity contribution >= 4 is 17.5 Å². The average Bonchev–Trinajstić information content (AvgIpc) is 2.49. The van der Waals surface area contributed by atoms with Gasteiger partial charge in [0.2, 0.25) is 0 Å². The molecule has 0 saturated heterocycles. The number of nitrogens with zero attached hydrogens (tertiary/aromatic N) is 1. The molecule has 21 heavy (non-hydrogen) atoms. The molecule has 0 spiro atoms. The summed E-state index contributed by atoms with van der Waals surface area (Å²) in [7, 11) is 0. The predicted octanol–water partition coefficient (Wildman–Crippen LogP) is 5.20. The highest BCUT2D eigenvalue weighted by molar-refractivity contribution is 5.92. The SMILES string of the molecule is C=C1/N=C\C(C)(C)C(=C)/C(=C\C=C/C)c2ccccc2N1. The van der Waals surface area contributed by atoms with E-state index in [9.17, 15) is 0 Å². The number of allylic oxidation sites excluding steroid dienone is 5. The molecule has 2 heteroatoms. The monoisotopic (exact) mass is 278 g/mol. The van der Waals surface area contributed by atoms with E-state index in [1.165, 1.54) is 0 Å². The van der Waals surface area contributed by atoms with Crippen LogP contribution < -0.4 is 5.32 Å². The molecule has 1 aromatic rings. The van der Waals surface area contributed by atoms with Gasteiger partial charge in [-0.2, -0.15) is 0 Å². The maximum atomic E-state index is 4.42. The van der Waals surface area contributed by atoms with Gasteiger partial charge in [-0.1, -0.05) is 63.4 Å². The van der Waals surface area contributed by atoms with Crippen molar-refractivity contribution in [2.45, 2.75) is 20.8 Å². The molecular weight excluding hydrogens is 256 g/mol. The van der Waals surface area contributed by atoms with Gasteiger partial charge in [0.05, 0.1) is 0 Å². The van der Waals surface area contributed by atoms with Crippen molar-refractivity contribution in [1.82, 2.24) is 0 Å². The van der Waals surface area contributed by atoms with Crippen molar-refractivity contribution in [2.24, 2.45) is 10.4 Å². The number of rotatable bonds is 1. The van der Waals surface area contributed by atoms with Crippen LogP contribution in [-0.2, 0) is 0 Å². The maximum Gasteiger partial charge on any atom is 0.122 e. The van der Waals surface area contributed by atoms with Gasteiger partial charge in [0.25, 0.3) is 0 Å². The topological polar surface area (TPSA) is 24.4 Å². The molecule has 1 aromatic carbocycles. The number of hydrogen-bond donors (Lipinski definition) is 1. The predicted molar refractivity (Wildman–Crippen MR) is 93.4 cm³/mol. The second-order valence-electron chi connectivity index (χ2n) is 5.68. The second kappa shape index (κ2) is 5.96. The van der Waals surface area contributed by atoms with Crippen molar-refractivity contribution < 1.29 is 0 Å². The Bertz CT molecular complexity index is 658. The summed E-state index contributed by atoms with van der Waals surface area (Å²) in [4.78, 5) is 4.42. The molecule has 0 amide bonds. The lowest BCUT2D eigenvalue weighted by molar-refractivity contribution is 0.667. The molecule has 1 aliphatic rings. The average molecular weight is 278 g/mol. The van der Waals surface area contributed by atoms with Gasteiger partial charge >= 0.3 is 0 Å². The van der Waals surface area contributed by atoms with Crippen LogP contribution in [0.2, 0.25) is 0 Å². The first-order chi connectivity index (χ1) is 9.95. The standard InChI is InChI=1S/C19H22N2/c1-6-7-10-16-14(2)19(4,5)13-20-15(3)21-18-12-9-8-11-17(16)18/h6-13,21H,2-3H2,1,4-5H3/b7-6-,16-10+,20-13-. The Labute approximate surface area is 127 Å². The minimum atomic E-state index is -0.241. The normalized spacial score (nSPS) is 21.4. The fraction of sp³-hybridized carbons (Fsp3) is 0.211. The molecule has 0 aliphatic carbocycles. The molecule has 0 fully saturated rings. The van der Waals surface area contributed by atoms with Gasteiger partial charge in [0, 0.05) is 22.9 Å². The van der Waals surface area contributed by atoms with Gasteiger partial charge in [-0.25, -0.2) is 4.99 Å². The molecule has 0 bridgehead atoms. The summed E-state index contributed by atoms with van der Waals surface area (Å²) >= 11 is 0. The minimum Gasteiger partial charge on any atom is -0.340 e. The van der Waals surface area contributed by atoms with Crippen LogP contribution in [-0.4, -0.2) is 6.21 Å². The van der Waals surface area contributed by atoms with E-state index in [1.54, 1.807) is 0 Å². The molecule has 2 rings (SSSR count). The summed E-state index contributed by atoms with van der Waals surface area (Å²) in [5, 5.41) is 3.27. The highest BCUT2D eigenvalue weighted by atomic mass is 15.0. The Morgan fingerprint density at radius 1 is 1.19 bits per heavy atom. The number of nitrogens with one attached hydrogen (secondary N) is 1. The van der Waals surface area contributed by atoms with E-state index in [1.807, 2.05) is 43.5 Å². The van der Waals surface area contributed by atoms with E-state index < -0.39 is 0 Å². The fourth-order valence-electron chi connectivity index (χ4n) is 2.22. The van der Waals surface area contributed by atoms with Crippen LogP contribution in [0.25, 0.3) is 5.57 Å². The summed E-state index contributed by atoms with van der Waals surface area (Å²) in [5.74, 6) is 0.635. The molecule has 1 heterocycles. The molecular formula is C19H22N2. The maximum absolute atomic E-state index is 4.42. The number of fused-ring (bicyclic) bond motifs is 1. The van der Waals surface area contributed by atoms with Crippen LogP contribution in [0.5, 0.6) is 0 Å². The highest BCUT2D eigenvalue weighted by Crippen LogP contribution is 2.39. The number of hydrogen-bond acceptors (Lipinski definition) is 2. The number of para-hydroxylation sites is 1. The fourth-order valence-corrected chi connectivity index (χ4v) is 2.22. The Balaban J connectivity index is 2.70. The Hall–Kier alpha value is -2.35. The van der Waals surface area contributed by atoms with E-state index in [-0.39, 0.29) is 5.41 Å². The smallest absolute Gasteiger partial charge is 0.122 e. The lowest BCUT2D eigenvalue weighted by Gasteiger charge is -2.25. The van der Waals surface area contributed by atoms with Gasteiger partial charge < -0.3 is 5.32 Å². The van der Waals surface area contributed by atoms with E-state index in [0.29, 0.717) is 5.82 Å². The van der Waals surface area contributed by atoms with Gasteiger partial charge in [-0.05, 0) is 24.1 Å². The number of aliphatic imine (C=N–C) groups is 1. The first-order valence-electron chi connectivity index (χ1n) is 7.09. The van der Waals surface area contributed by atoms with Gasteiger partial charge in [0.15, 0.2) is 0 Å². The van der Waals surface area contributed by atoms with Gasteiger partial charge in [0.1, 0.15) is 5.82 Å². The van der Waals surface area contributed by atoms with Gasteiger partial charge in [-0.15, -0.1) is 0 Å². The van der Waals surface area contributed by atoms with E-state index >= 15 is 0 Å². The molecule has 0 atom stereocenters. The highest BCUT2D eigenvalue weighted by Gasteiger charge is 2.25. The zero-order valence-corrected chi connectivity index (χ0v) is 13.0. The first kappa shape index (κ1) is 15.0. The van der Waals surface area contributed by atoms with Crippen molar-refractivity contribution in [2.75, 3.05) is 5.32 Å². The molecule has 0 aromatic heterocycles. The Kier molecular flexibility index (Phi) is 4.27. The van der Waals surface area contributed by atoms with Crippen molar-refractivity contribution in [3.05, 3.63) is 72.6 Å². The quantitative estimate of drug-likeness (QED) is 0.750. The number of benzene rings is 1. The largest absolute Gasteiger partial charge is 0.340 e. The molecule has 2 nitrogen and oxygen atoms in total. The van der Waals surface area contributed by atoms with Crippen LogP contribution in [0.4, 0.5) is 5.69 Å². The zero-order valence-electron chi connectivity index (χ0n) is 13.0. The van der Waals surface area contributed by atoms with Crippen LogP contribution in [0.1, 0.15) is 26.3 Å². The summed E-state index contributed by atoms with van der Waals surface area (Å²) in [6, 6.07) is 8.16. The Morgan fingerprint density at radius 3 is 2.62 bits per heavy atom.